The molecule has 1 aromatic rings. The zero-order valence-electron chi connectivity index (χ0n) is 14.3. The Morgan fingerprint density at radius 1 is 1.17 bits per heavy atom. The third-order valence-corrected chi connectivity index (χ3v) is 4.88. The molecule has 0 aliphatic carbocycles. The maximum atomic E-state index is 12.8. The van der Waals surface area contributed by atoms with Crippen molar-refractivity contribution in [3.63, 3.8) is 0 Å². The fraction of sp³-hybridized carbons (Fsp3) is 0.667. The van der Waals surface area contributed by atoms with Gasteiger partial charge in [0.05, 0.1) is 24.9 Å². The monoisotopic (exact) mass is 330 g/mol. The van der Waals surface area contributed by atoms with Gasteiger partial charge in [-0.2, -0.15) is 13.2 Å². The Balaban J connectivity index is 2.20. The lowest BCUT2D eigenvalue weighted by molar-refractivity contribution is -0.137. The molecule has 0 unspecified atom stereocenters. The fourth-order valence-corrected chi connectivity index (χ4v) is 2.97. The molecule has 0 saturated carbocycles. The van der Waals surface area contributed by atoms with Crippen molar-refractivity contribution in [1.29, 1.82) is 0 Å². The lowest BCUT2D eigenvalue weighted by Crippen LogP contribution is -2.29. The van der Waals surface area contributed by atoms with Crippen LogP contribution in [0.3, 0.4) is 0 Å². The second-order valence-electron chi connectivity index (χ2n) is 7.35. The number of hydrogen-bond acceptors (Lipinski definition) is 2. The van der Waals surface area contributed by atoms with Gasteiger partial charge in [-0.25, -0.2) is 0 Å². The summed E-state index contributed by atoms with van der Waals surface area (Å²) < 4.78 is 49.8. The van der Waals surface area contributed by atoms with Crippen LogP contribution in [0.15, 0.2) is 18.2 Å². The molecule has 1 aliphatic rings. The number of methoxy groups -OCH3 is 1. The maximum Gasteiger partial charge on any atom is 0.416 e. The van der Waals surface area contributed by atoms with Crippen molar-refractivity contribution < 1.29 is 22.6 Å². The number of benzene rings is 1. The van der Waals surface area contributed by atoms with Crippen LogP contribution in [0.1, 0.15) is 57.8 Å². The van der Waals surface area contributed by atoms with Gasteiger partial charge in [0, 0.05) is 5.56 Å². The largest absolute Gasteiger partial charge is 0.496 e. The van der Waals surface area contributed by atoms with Gasteiger partial charge >= 0.3 is 6.18 Å². The van der Waals surface area contributed by atoms with Gasteiger partial charge in [-0.3, -0.25) is 0 Å². The fourth-order valence-electron chi connectivity index (χ4n) is 2.97. The van der Waals surface area contributed by atoms with Crippen LogP contribution in [0.4, 0.5) is 13.2 Å². The highest BCUT2D eigenvalue weighted by molar-refractivity contribution is 5.40. The molecular formula is C18H25F3O2. The molecule has 1 aromatic carbocycles. The Hall–Kier alpha value is -1.23. The number of rotatable bonds is 3. The molecule has 0 N–H and O–H groups in total. The minimum Gasteiger partial charge on any atom is -0.496 e. The molecule has 2 nitrogen and oxygen atoms in total. The van der Waals surface area contributed by atoms with E-state index in [1.807, 2.05) is 0 Å². The van der Waals surface area contributed by atoms with Gasteiger partial charge in [-0.1, -0.05) is 33.8 Å². The molecule has 3 atom stereocenters. The van der Waals surface area contributed by atoms with Crippen LogP contribution in [0.2, 0.25) is 0 Å². The number of halogens is 3. The summed E-state index contributed by atoms with van der Waals surface area (Å²) in [6, 6.07) is 3.64. The minimum atomic E-state index is -4.37. The van der Waals surface area contributed by atoms with Crippen molar-refractivity contribution in [2.75, 3.05) is 7.11 Å². The Morgan fingerprint density at radius 3 is 2.35 bits per heavy atom. The SMILES string of the molecule is COc1cc(C(F)(F)F)ccc1[C@H]1CC[C@@H]([C@H](C)C(C)(C)C)O1. The van der Waals surface area contributed by atoms with Gasteiger partial charge in [-0.15, -0.1) is 0 Å². The van der Waals surface area contributed by atoms with Crippen LogP contribution >= 0.6 is 0 Å². The van der Waals surface area contributed by atoms with Gasteiger partial charge < -0.3 is 9.47 Å². The van der Waals surface area contributed by atoms with E-state index in [9.17, 15) is 13.2 Å². The molecule has 1 fully saturated rings. The predicted octanol–water partition coefficient (Wildman–Crippen LogP) is 5.62. The summed E-state index contributed by atoms with van der Waals surface area (Å²) in [5, 5.41) is 0. The smallest absolute Gasteiger partial charge is 0.416 e. The lowest BCUT2D eigenvalue weighted by atomic mass is 9.78. The Kier molecular flexibility index (Phi) is 5.00. The Morgan fingerprint density at radius 2 is 1.83 bits per heavy atom. The summed E-state index contributed by atoms with van der Waals surface area (Å²) in [5.41, 5.74) is 0.129. The van der Waals surface area contributed by atoms with Crippen molar-refractivity contribution in [3.05, 3.63) is 29.3 Å². The van der Waals surface area contributed by atoms with Gasteiger partial charge in [-0.05, 0) is 36.3 Å². The molecule has 0 radical (unpaired) electrons. The number of ether oxygens (including phenoxy) is 2. The number of alkyl halides is 3. The third kappa shape index (κ3) is 4.00. The highest BCUT2D eigenvalue weighted by Crippen LogP contribution is 2.44. The van der Waals surface area contributed by atoms with E-state index < -0.39 is 11.7 Å². The van der Waals surface area contributed by atoms with E-state index in [1.165, 1.54) is 13.2 Å². The van der Waals surface area contributed by atoms with E-state index in [0.717, 1.165) is 25.0 Å². The van der Waals surface area contributed by atoms with Gasteiger partial charge in [0.2, 0.25) is 0 Å². The summed E-state index contributed by atoms with van der Waals surface area (Å²) in [6.07, 6.45) is -2.75. The van der Waals surface area contributed by atoms with Crippen molar-refractivity contribution in [1.82, 2.24) is 0 Å². The molecule has 1 saturated heterocycles. The first-order valence-electron chi connectivity index (χ1n) is 7.94. The van der Waals surface area contributed by atoms with E-state index in [2.05, 4.69) is 27.7 Å². The van der Waals surface area contributed by atoms with Crippen LogP contribution in [0.25, 0.3) is 0 Å². The molecule has 2 rings (SSSR count). The predicted molar refractivity (Wildman–Crippen MR) is 83.5 cm³/mol. The average molecular weight is 330 g/mol. The first kappa shape index (κ1) is 18.1. The summed E-state index contributed by atoms with van der Waals surface area (Å²) in [6.45, 7) is 8.68. The normalized spacial score (nSPS) is 23.8. The van der Waals surface area contributed by atoms with E-state index in [-0.39, 0.29) is 23.4 Å². The standard InChI is InChI=1S/C18H25F3O2/c1-11(17(2,3)4)14-8-9-15(23-14)13-7-6-12(18(19,20)21)10-16(13)22-5/h6-7,10-11,14-15H,8-9H2,1-5H3/t11-,14-,15+/m0/s1. The Bertz CT molecular complexity index is 546. The minimum absolute atomic E-state index is 0.118. The Labute approximate surface area is 136 Å². The average Bonchev–Trinajstić information content (AvgIpc) is 2.93. The quantitative estimate of drug-likeness (QED) is 0.716. The van der Waals surface area contributed by atoms with Gasteiger partial charge in [0.1, 0.15) is 5.75 Å². The van der Waals surface area contributed by atoms with Crippen LogP contribution in [-0.4, -0.2) is 13.2 Å². The van der Waals surface area contributed by atoms with Crippen LogP contribution in [0.5, 0.6) is 5.75 Å². The first-order chi connectivity index (χ1) is 10.5. The van der Waals surface area contributed by atoms with E-state index in [4.69, 9.17) is 9.47 Å². The van der Waals surface area contributed by atoms with Gasteiger partial charge in [0.25, 0.3) is 0 Å². The molecule has 0 aromatic heterocycles. The highest BCUT2D eigenvalue weighted by Gasteiger charge is 2.37. The number of hydrogen-bond donors (Lipinski definition) is 0. The van der Waals surface area contributed by atoms with Gasteiger partial charge in [0.15, 0.2) is 0 Å². The molecule has 5 heteroatoms. The second-order valence-corrected chi connectivity index (χ2v) is 7.35. The lowest BCUT2D eigenvalue weighted by Gasteiger charge is -2.32. The van der Waals surface area contributed by atoms with E-state index >= 15 is 0 Å². The summed E-state index contributed by atoms with van der Waals surface area (Å²) >= 11 is 0. The zero-order chi connectivity index (χ0) is 17.4. The molecule has 23 heavy (non-hydrogen) atoms. The summed E-state index contributed by atoms with van der Waals surface area (Å²) in [7, 11) is 1.39. The van der Waals surface area contributed by atoms with Crippen LogP contribution < -0.4 is 4.74 Å². The maximum absolute atomic E-state index is 12.8. The highest BCUT2D eigenvalue weighted by atomic mass is 19.4. The van der Waals surface area contributed by atoms with Crippen molar-refractivity contribution in [2.24, 2.45) is 11.3 Å². The van der Waals surface area contributed by atoms with Crippen LogP contribution in [-0.2, 0) is 10.9 Å². The summed E-state index contributed by atoms with van der Waals surface area (Å²) in [4.78, 5) is 0. The summed E-state index contributed by atoms with van der Waals surface area (Å²) in [5.74, 6) is 0.613. The van der Waals surface area contributed by atoms with Crippen molar-refractivity contribution >= 4 is 0 Å². The van der Waals surface area contributed by atoms with E-state index in [0.29, 0.717) is 11.5 Å². The molecular weight excluding hydrogens is 305 g/mol. The molecule has 0 bridgehead atoms. The molecule has 1 heterocycles. The molecule has 130 valence electrons. The third-order valence-electron chi connectivity index (χ3n) is 4.88. The van der Waals surface area contributed by atoms with Crippen molar-refractivity contribution in [3.8, 4) is 5.75 Å². The molecule has 1 aliphatic heterocycles. The second kappa shape index (κ2) is 6.34. The molecule has 0 spiro atoms. The van der Waals surface area contributed by atoms with E-state index in [1.54, 1.807) is 0 Å². The molecule has 0 amide bonds. The topological polar surface area (TPSA) is 18.5 Å². The van der Waals surface area contributed by atoms with Crippen molar-refractivity contribution in [2.45, 2.75) is 58.9 Å². The zero-order valence-corrected chi connectivity index (χ0v) is 14.3. The first-order valence-corrected chi connectivity index (χ1v) is 7.94. The van der Waals surface area contributed by atoms with Crippen LogP contribution in [0, 0.1) is 11.3 Å².